The molecule has 328 valence electrons. The molecule has 0 aliphatic carbocycles. The summed E-state index contributed by atoms with van der Waals surface area (Å²) in [7, 11) is 3.20. The number of piperidine rings is 2. The monoisotopic (exact) mass is 831 g/mol. The van der Waals surface area contributed by atoms with Crippen molar-refractivity contribution in [3.63, 3.8) is 0 Å². The van der Waals surface area contributed by atoms with Gasteiger partial charge in [0.05, 0.1) is 30.7 Å². The fourth-order valence-electron chi connectivity index (χ4n) is 8.48. The summed E-state index contributed by atoms with van der Waals surface area (Å²) in [6.45, 7) is 6.56. The molecule has 4 aliphatic rings. The third-order valence-corrected chi connectivity index (χ3v) is 12.2. The first-order valence-corrected chi connectivity index (χ1v) is 21.5. The molecule has 2 saturated heterocycles. The molecule has 2 aromatic rings. The molecule has 0 atom stereocenters. The number of ether oxygens (including phenoxy) is 3. The number of carbonyl (C=O) groups is 4. The number of aromatic nitrogens is 2. The minimum absolute atomic E-state index is 0. The quantitative estimate of drug-likeness (QED) is 0.119. The number of amides is 2. The summed E-state index contributed by atoms with van der Waals surface area (Å²) in [4.78, 5) is 61.2. The maximum Gasteiger partial charge on any atom is 1.00 e. The van der Waals surface area contributed by atoms with E-state index >= 15 is 0 Å². The predicted octanol–water partition coefficient (Wildman–Crippen LogP) is 2.58. The Hall–Kier alpha value is -3.74. The number of likely N-dealkylation sites (tertiary alicyclic amines) is 2. The van der Waals surface area contributed by atoms with Crippen LogP contribution < -0.4 is 29.5 Å². The molecule has 0 spiro atoms. The molecule has 60 heavy (non-hydrogen) atoms. The van der Waals surface area contributed by atoms with Gasteiger partial charge < -0.3 is 45.2 Å². The van der Waals surface area contributed by atoms with Gasteiger partial charge in [-0.3, -0.25) is 19.2 Å². The Morgan fingerprint density at radius 2 is 1.13 bits per heavy atom. The largest absolute Gasteiger partial charge is 1.00 e. The summed E-state index contributed by atoms with van der Waals surface area (Å²) < 4.78 is 16.2. The molecule has 2 aromatic heterocycles. The van der Waals surface area contributed by atoms with E-state index in [-0.39, 0.29) is 55.0 Å². The van der Waals surface area contributed by atoms with Crippen LogP contribution in [0.15, 0.2) is 24.3 Å². The zero-order chi connectivity index (χ0) is 41.4. The van der Waals surface area contributed by atoms with Gasteiger partial charge in [0.25, 0.3) is 0 Å². The average molecular weight is 831 g/mol. The molecule has 0 radical (unpaired) electrons. The van der Waals surface area contributed by atoms with E-state index in [2.05, 4.69) is 34.9 Å². The molecule has 6 heterocycles. The number of unbranched alkanes of at least 4 members (excludes halogenated alkanes) is 2. The molecule has 0 bridgehead atoms. The van der Waals surface area contributed by atoms with E-state index in [0.29, 0.717) is 71.3 Å². The number of esters is 1. The van der Waals surface area contributed by atoms with Crippen molar-refractivity contribution in [1.82, 2.24) is 19.8 Å². The number of carbonyl (C=O) groups excluding carboxylic acids is 3. The standard InChI is InChI=1S/C23H35N3O4.C21H31N3O4.Li.H2O/c1-3-30-21(28)17-23(29-2)12-15-26(16-13-23)20(27)9-5-4-8-19-11-10-18-7-6-14-24-22(18)25-19;1-28-21(15-19(26)27)10-13-24(14-11-21)18(25)7-3-2-6-17-9-8-16-5-4-12-22-20(16)23-17;;/h10-11H,3-9,12-17H2,1-2H3,(H,24,25);8-9H,2-7,10-15H2,1H3,(H,22,23)(H,26,27);;1H2/q;;+1;/p-1. The second kappa shape index (κ2) is 25.3. The van der Waals surface area contributed by atoms with Crippen LogP contribution in [0.2, 0.25) is 0 Å². The first-order chi connectivity index (χ1) is 28.1. The average Bonchev–Trinajstić information content (AvgIpc) is 3.24. The van der Waals surface area contributed by atoms with Crippen molar-refractivity contribution in [2.45, 2.75) is 134 Å². The van der Waals surface area contributed by atoms with Crippen molar-refractivity contribution in [2.24, 2.45) is 0 Å². The zero-order valence-corrected chi connectivity index (χ0v) is 36.5. The van der Waals surface area contributed by atoms with E-state index in [9.17, 15) is 19.2 Å². The van der Waals surface area contributed by atoms with E-state index < -0.39 is 17.2 Å². The number of nitrogens with one attached hydrogen (secondary N) is 2. The summed E-state index contributed by atoms with van der Waals surface area (Å²) in [6, 6.07) is 8.57. The molecule has 0 unspecified atom stereocenters. The molecule has 0 saturated carbocycles. The number of hydrogen-bond donors (Lipinski definition) is 3. The van der Waals surface area contributed by atoms with E-state index in [1.165, 1.54) is 17.5 Å². The van der Waals surface area contributed by atoms with E-state index in [1.54, 1.807) is 21.1 Å². The maximum atomic E-state index is 12.6. The molecule has 16 heteroatoms. The second-order valence-corrected chi connectivity index (χ2v) is 16.2. The van der Waals surface area contributed by atoms with Crippen LogP contribution in [0.4, 0.5) is 11.6 Å². The number of pyridine rings is 2. The third kappa shape index (κ3) is 15.0. The first kappa shape index (κ1) is 50.6. The van der Waals surface area contributed by atoms with Crippen LogP contribution in [0.5, 0.6) is 0 Å². The Kier molecular flexibility index (Phi) is 21.3. The number of aliphatic carboxylic acids is 1. The Morgan fingerprint density at radius 3 is 1.53 bits per heavy atom. The maximum absolute atomic E-state index is 12.6. The number of nitrogens with zero attached hydrogens (tertiary/aromatic N) is 4. The molecular weight excluding hydrogens is 763 g/mol. The van der Waals surface area contributed by atoms with Gasteiger partial charge in [0, 0.05) is 77.7 Å². The van der Waals surface area contributed by atoms with Crippen molar-refractivity contribution in [1.29, 1.82) is 0 Å². The number of aryl methyl sites for hydroxylation is 4. The number of hydrogen-bond acceptors (Lipinski definition) is 12. The second-order valence-electron chi connectivity index (χ2n) is 16.2. The molecule has 2 amide bonds. The Morgan fingerprint density at radius 1 is 0.700 bits per heavy atom. The van der Waals surface area contributed by atoms with Gasteiger partial charge in [0.2, 0.25) is 11.8 Å². The van der Waals surface area contributed by atoms with Crippen molar-refractivity contribution in [3.8, 4) is 0 Å². The van der Waals surface area contributed by atoms with Gasteiger partial charge in [-0.1, -0.05) is 12.1 Å². The van der Waals surface area contributed by atoms with Gasteiger partial charge in [-0.05, 0) is 120 Å². The molecule has 2 fully saturated rings. The number of methoxy groups -OCH3 is 2. The fraction of sp³-hybridized carbons (Fsp3) is 0.682. The number of rotatable bonds is 17. The number of anilines is 2. The normalized spacial score (nSPS) is 17.4. The van der Waals surface area contributed by atoms with E-state index in [1.807, 2.05) is 9.80 Å². The number of carboxylic acid groups (broad SMARTS) is 1. The molecule has 15 nitrogen and oxygen atoms in total. The van der Waals surface area contributed by atoms with Crippen LogP contribution in [-0.2, 0) is 59.1 Å². The smallest absolute Gasteiger partial charge is 0.870 e. The summed E-state index contributed by atoms with van der Waals surface area (Å²) in [6.07, 6.45) is 13.7. The minimum Gasteiger partial charge on any atom is -0.870 e. The molecule has 0 aromatic carbocycles. The topological polar surface area (TPSA) is 203 Å². The van der Waals surface area contributed by atoms with Gasteiger partial charge in [0.1, 0.15) is 11.6 Å². The van der Waals surface area contributed by atoms with Crippen molar-refractivity contribution in [2.75, 3.05) is 70.7 Å². The number of fused-ring (bicyclic) bond motifs is 2. The minimum atomic E-state index is -0.854. The molecular formula is C44H67LiN6O9. The Balaban J connectivity index is 0.000000311. The van der Waals surface area contributed by atoms with Crippen molar-refractivity contribution >= 4 is 35.4 Å². The summed E-state index contributed by atoms with van der Waals surface area (Å²) in [5, 5.41) is 15.8. The van der Waals surface area contributed by atoms with Crippen LogP contribution in [0.3, 0.4) is 0 Å². The molecule has 6 rings (SSSR count). The zero-order valence-electron chi connectivity index (χ0n) is 36.5. The van der Waals surface area contributed by atoms with Crippen LogP contribution in [0.25, 0.3) is 0 Å². The number of carboxylic acids is 1. The van der Waals surface area contributed by atoms with Gasteiger partial charge in [-0.2, -0.15) is 0 Å². The summed E-state index contributed by atoms with van der Waals surface area (Å²) in [5.74, 6) is 1.32. The van der Waals surface area contributed by atoms with Crippen LogP contribution in [0.1, 0.15) is 119 Å². The van der Waals surface area contributed by atoms with Gasteiger partial charge in [-0.15, -0.1) is 0 Å². The third-order valence-electron chi connectivity index (χ3n) is 12.2. The van der Waals surface area contributed by atoms with Crippen LogP contribution in [-0.4, -0.2) is 125 Å². The predicted molar refractivity (Wildman–Crippen MR) is 224 cm³/mol. The van der Waals surface area contributed by atoms with Crippen LogP contribution in [0, 0.1) is 0 Å². The van der Waals surface area contributed by atoms with Crippen molar-refractivity contribution in [3.05, 3.63) is 46.8 Å². The van der Waals surface area contributed by atoms with Crippen molar-refractivity contribution < 1.29 is 62.8 Å². The van der Waals surface area contributed by atoms with Gasteiger partial charge in [-0.25, -0.2) is 9.97 Å². The van der Waals surface area contributed by atoms with Crippen LogP contribution >= 0.6 is 0 Å². The van der Waals surface area contributed by atoms with Gasteiger partial charge in [0.15, 0.2) is 0 Å². The Labute approximate surface area is 367 Å². The first-order valence-electron chi connectivity index (χ1n) is 21.5. The fourth-order valence-corrected chi connectivity index (χ4v) is 8.48. The van der Waals surface area contributed by atoms with E-state index in [4.69, 9.17) is 29.3 Å². The molecule has 4 N–H and O–H groups in total. The Bertz CT molecular complexity index is 1680. The van der Waals surface area contributed by atoms with E-state index in [0.717, 1.165) is 93.9 Å². The summed E-state index contributed by atoms with van der Waals surface area (Å²) >= 11 is 0. The SMILES string of the molecule is CCOC(=O)CC1(OC)CCN(C(=O)CCCCc2ccc3c(n2)NCCC3)CC1.COC1(CC(=O)O)CCN(C(=O)CCCCc2ccc3c(n2)NCCC3)CC1.[Li+].[OH-]. The molecule has 4 aliphatic heterocycles. The van der Waals surface area contributed by atoms with Gasteiger partial charge >= 0.3 is 30.8 Å². The summed E-state index contributed by atoms with van der Waals surface area (Å²) in [5.41, 5.74) is 3.64.